The Bertz CT molecular complexity index is 655. The molecule has 0 aromatic heterocycles. The average molecular weight is 326 g/mol. The Morgan fingerprint density at radius 1 is 0.917 bits per heavy atom. The Morgan fingerprint density at radius 3 is 2.38 bits per heavy atom. The van der Waals surface area contributed by atoms with E-state index in [9.17, 15) is 0 Å². The van der Waals surface area contributed by atoms with E-state index in [4.69, 9.17) is 14.5 Å². The molecule has 1 aromatic rings. The quantitative estimate of drug-likeness (QED) is 0.654. The van der Waals surface area contributed by atoms with E-state index in [-0.39, 0.29) is 0 Å². The molecule has 4 saturated carbocycles. The normalized spacial score (nSPS) is 51.5. The van der Waals surface area contributed by atoms with Gasteiger partial charge in [-0.05, 0) is 61.0 Å². The first-order valence-corrected chi connectivity index (χ1v) is 9.81. The summed E-state index contributed by atoms with van der Waals surface area (Å²) in [4.78, 5) is 12.2. The van der Waals surface area contributed by atoms with Crippen molar-refractivity contribution in [3.8, 4) is 0 Å². The Labute approximate surface area is 143 Å². The van der Waals surface area contributed by atoms with Crippen LogP contribution in [0.3, 0.4) is 0 Å². The molecule has 2 unspecified atom stereocenters. The zero-order chi connectivity index (χ0) is 15.9. The van der Waals surface area contributed by atoms with Crippen LogP contribution in [0.5, 0.6) is 0 Å². The maximum Gasteiger partial charge on any atom is 0.210 e. The molecule has 3 nitrogen and oxygen atoms in total. The van der Waals surface area contributed by atoms with Crippen LogP contribution in [-0.4, -0.2) is 11.6 Å². The minimum absolute atomic E-state index is 0.445. The summed E-state index contributed by atoms with van der Waals surface area (Å²) in [6, 6.07) is 8.74. The predicted molar refractivity (Wildman–Crippen MR) is 88.9 cm³/mol. The minimum atomic E-state index is -0.566. The SMILES string of the molecule is CC1CC2(Cc3ccccc31)OOC1(O2)C2CC3CC(C2)CC1C3. The van der Waals surface area contributed by atoms with Gasteiger partial charge in [0.2, 0.25) is 11.6 Å². The lowest BCUT2D eigenvalue weighted by molar-refractivity contribution is -0.389. The highest BCUT2D eigenvalue weighted by Crippen LogP contribution is 2.63. The van der Waals surface area contributed by atoms with Gasteiger partial charge in [0.15, 0.2) is 0 Å². The van der Waals surface area contributed by atoms with E-state index < -0.39 is 11.6 Å². The molecule has 1 aromatic carbocycles. The number of ether oxygens (including phenoxy) is 1. The maximum absolute atomic E-state index is 6.84. The fourth-order valence-corrected chi connectivity index (χ4v) is 6.87. The van der Waals surface area contributed by atoms with Crippen molar-refractivity contribution in [3.63, 3.8) is 0 Å². The molecule has 1 saturated heterocycles. The monoisotopic (exact) mass is 326 g/mol. The number of fused-ring (bicyclic) bond motifs is 1. The van der Waals surface area contributed by atoms with Crippen LogP contribution >= 0.6 is 0 Å². The lowest BCUT2D eigenvalue weighted by atomic mass is 9.53. The predicted octanol–water partition coefficient (Wildman–Crippen LogP) is 4.56. The zero-order valence-electron chi connectivity index (χ0n) is 14.4. The van der Waals surface area contributed by atoms with Crippen LogP contribution in [0.4, 0.5) is 0 Å². The van der Waals surface area contributed by atoms with E-state index in [1.807, 2.05) is 0 Å². The summed E-state index contributed by atoms with van der Waals surface area (Å²) in [5.74, 6) is 2.34. The van der Waals surface area contributed by atoms with Crippen molar-refractivity contribution in [1.29, 1.82) is 0 Å². The third-order valence-corrected chi connectivity index (χ3v) is 7.61. The van der Waals surface area contributed by atoms with Gasteiger partial charge in [-0.1, -0.05) is 31.2 Å². The van der Waals surface area contributed by atoms with Crippen molar-refractivity contribution in [2.45, 2.75) is 69.4 Å². The van der Waals surface area contributed by atoms with Crippen molar-refractivity contribution in [3.05, 3.63) is 35.4 Å². The Morgan fingerprint density at radius 2 is 1.62 bits per heavy atom. The van der Waals surface area contributed by atoms with Crippen LogP contribution in [0, 0.1) is 23.7 Å². The number of rotatable bonds is 0. The standard InChI is InChI=1S/C21H26O3/c1-13-11-20(12-16-4-2-3-5-19(13)16)22-21(24-23-20)17-7-14-6-15(9-17)10-18(21)8-14/h2-5,13-15,17-18H,6-12H2,1H3. The van der Waals surface area contributed by atoms with Crippen LogP contribution in [0.1, 0.15) is 62.5 Å². The molecule has 0 N–H and O–H groups in total. The average Bonchev–Trinajstić information content (AvgIpc) is 2.92. The van der Waals surface area contributed by atoms with Gasteiger partial charge in [-0.15, -0.1) is 0 Å². The molecule has 128 valence electrons. The summed E-state index contributed by atoms with van der Waals surface area (Å²) in [7, 11) is 0. The highest BCUT2D eigenvalue weighted by Gasteiger charge is 2.67. The topological polar surface area (TPSA) is 27.7 Å². The number of benzene rings is 1. The summed E-state index contributed by atoms with van der Waals surface area (Å²) in [6.07, 6.45) is 8.27. The van der Waals surface area contributed by atoms with Gasteiger partial charge in [-0.25, -0.2) is 0 Å². The fourth-order valence-electron chi connectivity index (χ4n) is 6.87. The number of hydrogen-bond acceptors (Lipinski definition) is 3. The van der Waals surface area contributed by atoms with Crippen molar-refractivity contribution in [1.82, 2.24) is 0 Å². The molecule has 5 fully saturated rings. The molecular formula is C21H26O3. The molecule has 4 bridgehead atoms. The largest absolute Gasteiger partial charge is 0.311 e. The van der Waals surface area contributed by atoms with Crippen LogP contribution in [-0.2, 0) is 20.9 Å². The van der Waals surface area contributed by atoms with Crippen molar-refractivity contribution >= 4 is 0 Å². The highest BCUT2D eigenvalue weighted by atomic mass is 17.3. The molecule has 1 heterocycles. The Hall–Kier alpha value is -0.900. The summed E-state index contributed by atoms with van der Waals surface area (Å²) in [6.45, 7) is 2.29. The highest BCUT2D eigenvalue weighted by molar-refractivity contribution is 5.34. The van der Waals surface area contributed by atoms with Crippen LogP contribution in [0.15, 0.2) is 24.3 Å². The molecule has 3 heteroatoms. The Kier molecular flexibility index (Phi) is 2.76. The second kappa shape index (κ2) is 4.63. The van der Waals surface area contributed by atoms with Crippen molar-refractivity contribution in [2.24, 2.45) is 23.7 Å². The van der Waals surface area contributed by atoms with Gasteiger partial charge in [0.05, 0.1) is 0 Å². The molecule has 5 aliphatic carbocycles. The zero-order valence-corrected chi connectivity index (χ0v) is 14.4. The molecule has 2 spiro atoms. The summed E-state index contributed by atoms with van der Waals surface area (Å²) in [5.41, 5.74) is 2.81. The second-order valence-electron chi connectivity index (χ2n) is 9.19. The van der Waals surface area contributed by atoms with E-state index in [2.05, 4.69) is 31.2 Å². The Balaban J connectivity index is 1.34. The molecule has 0 radical (unpaired) electrons. The number of hydrogen-bond donors (Lipinski definition) is 0. The van der Waals surface area contributed by atoms with Crippen LogP contribution in [0.2, 0.25) is 0 Å². The molecular weight excluding hydrogens is 300 g/mol. The third kappa shape index (κ3) is 1.79. The summed E-state index contributed by atoms with van der Waals surface area (Å²) < 4.78 is 6.84. The van der Waals surface area contributed by atoms with E-state index in [0.717, 1.165) is 24.7 Å². The first-order valence-electron chi connectivity index (χ1n) is 9.81. The molecule has 7 rings (SSSR count). The van der Waals surface area contributed by atoms with Gasteiger partial charge < -0.3 is 4.74 Å². The maximum atomic E-state index is 6.84. The van der Waals surface area contributed by atoms with E-state index in [1.165, 1.54) is 43.2 Å². The molecule has 1 aliphatic heterocycles. The fraction of sp³-hybridized carbons (Fsp3) is 0.714. The van der Waals surface area contributed by atoms with Gasteiger partial charge in [-0.2, -0.15) is 9.78 Å². The van der Waals surface area contributed by atoms with E-state index in [0.29, 0.717) is 17.8 Å². The van der Waals surface area contributed by atoms with Crippen LogP contribution < -0.4 is 0 Å². The van der Waals surface area contributed by atoms with Gasteiger partial charge >= 0.3 is 0 Å². The van der Waals surface area contributed by atoms with Crippen molar-refractivity contribution < 1.29 is 14.5 Å². The van der Waals surface area contributed by atoms with E-state index in [1.54, 1.807) is 0 Å². The van der Waals surface area contributed by atoms with Gasteiger partial charge in [0.1, 0.15) is 0 Å². The molecule has 6 aliphatic rings. The molecule has 0 amide bonds. The molecule has 2 atom stereocenters. The first kappa shape index (κ1) is 14.3. The summed E-state index contributed by atoms with van der Waals surface area (Å²) >= 11 is 0. The van der Waals surface area contributed by atoms with Crippen LogP contribution in [0.25, 0.3) is 0 Å². The smallest absolute Gasteiger partial charge is 0.210 e. The van der Waals surface area contributed by atoms with E-state index >= 15 is 0 Å². The van der Waals surface area contributed by atoms with Gasteiger partial charge in [-0.3, -0.25) is 0 Å². The summed E-state index contributed by atoms with van der Waals surface area (Å²) in [5, 5.41) is 0. The lowest BCUT2D eigenvalue weighted by Gasteiger charge is -2.57. The third-order valence-electron chi connectivity index (χ3n) is 7.61. The van der Waals surface area contributed by atoms with Gasteiger partial charge in [0, 0.05) is 24.7 Å². The minimum Gasteiger partial charge on any atom is -0.311 e. The first-order chi connectivity index (χ1) is 11.7. The lowest BCUT2D eigenvalue weighted by Crippen LogP contribution is -2.59. The molecule has 24 heavy (non-hydrogen) atoms. The van der Waals surface area contributed by atoms with Crippen molar-refractivity contribution in [2.75, 3.05) is 0 Å². The van der Waals surface area contributed by atoms with Gasteiger partial charge in [0.25, 0.3) is 0 Å². The second-order valence-corrected chi connectivity index (χ2v) is 9.19.